The Labute approximate surface area is 129 Å². The van der Waals surface area contributed by atoms with Crippen LogP contribution in [0.1, 0.15) is 10.4 Å². The molecule has 0 bridgehead atoms. The quantitative estimate of drug-likeness (QED) is 0.277. The van der Waals surface area contributed by atoms with Crippen LogP contribution in [0.4, 0.5) is 0 Å². The number of carbonyl (C=O) groups is 1. The summed E-state index contributed by atoms with van der Waals surface area (Å²) in [7, 11) is 2.30. The third-order valence-corrected chi connectivity index (χ3v) is 3.03. The Bertz CT molecular complexity index is 377. The maximum Gasteiger partial charge on any atom is 0.253 e. The molecule has 2 nitrogen and oxygen atoms in total. The van der Waals surface area contributed by atoms with Crippen LogP contribution in [-0.2, 0) is 0 Å². The molecule has 0 amide bonds. The molecule has 0 fully saturated rings. The minimum absolute atomic E-state index is 0. The van der Waals surface area contributed by atoms with Gasteiger partial charge in [-0.2, -0.15) is 0 Å². The van der Waals surface area contributed by atoms with Crippen LogP contribution in [0.3, 0.4) is 0 Å². The van der Waals surface area contributed by atoms with Crippen LogP contribution >= 0.6 is 54.9 Å². The van der Waals surface area contributed by atoms with Crippen LogP contribution in [0.25, 0.3) is 0 Å². The van der Waals surface area contributed by atoms with Crippen LogP contribution in [0.5, 0.6) is 5.75 Å². The first kappa shape index (κ1) is 16.3. The Morgan fingerprint density at radius 2 is 1.93 bits per heavy atom. The maximum absolute atomic E-state index is 10.9. The Hall–Kier alpha value is 1.26. The molecule has 1 rings (SSSR count). The first-order valence-corrected chi connectivity index (χ1v) is 6.64. The molecule has 0 aromatic heterocycles. The SMILES string of the molecule is O=C(Cl)c1ccc(OSP)c(Cl)c1Cl.[Tl]. The van der Waals surface area contributed by atoms with Gasteiger partial charge in [0.15, 0.2) is 5.75 Å². The molecule has 0 aliphatic carbocycles. The third kappa shape index (κ3) is 4.21. The van der Waals surface area contributed by atoms with Crippen LogP contribution in [0.15, 0.2) is 12.1 Å². The van der Waals surface area contributed by atoms with Crippen molar-refractivity contribution >= 4 is 87.4 Å². The van der Waals surface area contributed by atoms with E-state index in [1.165, 1.54) is 12.1 Å². The third-order valence-electron chi connectivity index (χ3n) is 1.40. The summed E-state index contributed by atoms with van der Waals surface area (Å²) in [6.07, 6.45) is 0. The van der Waals surface area contributed by atoms with Crippen LogP contribution in [0, 0.1) is 0 Å². The number of hydrogen-bond acceptors (Lipinski definition) is 3. The van der Waals surface area contributed by atoms with E-state index >= 15 is 0 Å². The van der Waals surface area contributed by atoms with Crippen LogP contribution in [0.2, 0.25) is 10.0 Å². The van der Waals surface area contributed by atoms with E-state index in [9.17, 15) is 4.79 Å². The molecule has 1 radical (unpaired) electrons. The molecule has 1 aromatic carbocycles. The molecule has 1 atom stereocenters. The van der Waals surface area contributed by atoms with Gasteiger partial charge >= 0.3 is 0 Å². The molecule has 79 valence electrons. The van der Waals surface area contributed by atoms with Gasteiger partial charge in [0.1, 0.15) is 5.02 Å². The fourth-order valence-electron chi connectivity index (χ4n) is 0.800. The Morgan fingerprint density at radius 1 is 1.33 bits per heavy atom. The standard InChI is InChI=1S/C7H4Cl3O2PS.Tl/c8-5-3(7(10)11)1-2-4(6(5)9)12-14-13;/h1-2H,13H2;. The van der Waals surface area contributed by atoms with Crippen molar-refractivity contribution in [1.29, 1.82) is 0 Å². The fourth-order valence-corrected chi connectivity index (χ4v) is 2.05. The summed E-state index contributed by atoms with van der Waals surface area (Å²) >= 11 is 18.0. The molecule has 0 spiro atoms. The van der Waals surface area contributed by atoms with Gasteiger partial charge < -0.3 is 4.18 Å². The number of benzene rings is 1. The van der Waals surface area contributed by atoms with Gasteiger partial charge in [-0.1, -0.05) is 23.2 Å². The van der Waals surface area contributed by atoms with Gasteiger partial charge in [0, 0.05) is 27.3 Å². The molecule has 8 heteroatoms. The number of rotatable bonds is 3. The van der Waals surface area contributed by atoms with E-state index in [2.05, 4.69) is 8.44 Å². The predicted octanol–water partition coefficient (Wildman–Crippen LogP) is 3.81. The summed E-state index contributed by atoms with van der Waals surface area (Å²) in [5.41, 5.74) is 0.166. The van der Waals surface area contributed by atoms with Gasteiger partial charge in [0.05, 0.1) is 22.2 Å². The van der Waals surface area contributed by atoms with Gasteiger partial charge in [-0.3, -0.25) is 4.79 Å². The minimum Gasteiger partial charge on any atom is -0.420 e. The maximum atomic E-state index is 10.9. The van der Waals surface area contributed by atoms with E-state index in [0.29, 0.717) is 5.75 Å². The summed E-state index contributed by atoms with van der Waals surface area (Å²) in [6.45, 7) is 0. The van der Waals surface area contributed by atoms with Gasteiger partial charge in [-0.25, -0.2) is 0 Å². The molecule has 1 unspecified atom stereocenters. The van der Waals surface area contributed by atoms with Crippen molar-refractivity contribution in [3.63, 3.8) is 0 Å². The first-order chi connectivity index (χ1) is 6.57. The van der Waals surface area contributed by atoms with Crippen molar-refractivity contribution in [1.82, 2.24) is 0 Å². The minimum atomic E-state index is -0.651. The first-order valence-electron chi connectivity index (χ1n) is 3.29. The van der Waals surface area contributed by atoms with E-state index in [1.54, 1.807) is 0 Å². The van der Waals surface area contributed by atoms with Crippen molar-refractivity contribution in [3.8, 4) is 5.75 Å². The van der Waals surface area contributed by atoms with Gasteiger partial charge in [0.2, 0.25) is 0 Å². The second-order valence-electron chi connectivity index (χ2n) is 2.19. The molecule has 0 aliphatic rings. The monoisotopic (exact) mass is 493 g/mol. The van der Waals surface area contributed by atoms with E-state index in [4.69, 9.17) is 39.0 Å². The largest absolute Gasteiger partial charge is 0.420 e. The Morgan fingerprint density at radius 3 is 2.40 bits per heavy atom. The summed E-state index contributed by atoms with van der Waals surface area (Å²) < 4.78 is 5.06. The van der Waals surface area contributed by atoms with E-state index in [1.807, 2.05) is 0 Å². The molecule has 0 aliphatic heterocycles. The van der Waals surface area contributed by atoms with Crippen molar-refractivity contribution in [3.05, 3.63) is 27.7 Å². The molecule has 0 heterocycles. The molecular formula is C7H4Cl3O2PSTl. The van der Waals surface area contributed by atoms with E-state index in [-0.39, 0.29) is 42.9 Å². The van der Waals surface area contributed by atoms with Crippen LogP contribution in [-0.4, -0.2) is 32.5 Å². The number of carbonyl (C=O) groups excluding carboxylic acids is 1. The number of hydrogen-bond donors (Lipinski definition) is 0. The molecule has 0 N–H and O–H groups in total. The van der Waals surface area contributed by atoms with Gasteiger partial charge in [0.25, 0.3) is 5.24 Å². The summed E-state index contributed by atoms with van der Waals surface area (Å²) in [5, 5.41) is -0.377. The predicted molar refractivity (Wildman–Crippen MR) is 70.3 cm³/mol. The topological polar surface area (TPSA) is 26.3 Å². The normalized spacial score (nSPS) is 9.33. The summed E-state index contributed by atoms with van der Waals surface area (Å²) in [4.78, 5) is 10.9. The summed E-state index contributed by atoms with van der Waals surface area (Å²) in [5.74, 6) is 0.387. The average Bonchev–Trinajstić information content (AvgIpc) is 2.13. The van der Waals surface area contributed by atoms with Crippen molar-refractivity contribution in [2.75, 3.05) is 0 Å². The molecule has 15 heavy (non-hydrogen) atoms. The zero-order valence-corrected chi connectivity index (χ0v) is 15.9. The smallest absolute Gasteiger partial charge is 0.253 e. The molecule has 1 aromatic rings. The van der Waals surface area contributed by atoms with Gasteiger partial charge in [-0.15, -0.1) is 0 Å². The van der Waals surface area contributed by atoms with Crippen molar-refractivity contribution < 1.29 is 8.98 Å². The number of halogens is 3. The fraction of sp³-hybridized carbons (Fsp3) is 0. The van der Waals surface area contributed by atoms with Crippen LogP contribution < -0.4 is 4.18 Å². The second-order valence-corrected chi connectivity index (χ2v) is 4.23. The molecule has 0 saturated heterocycles. The molecule has 0 saturated carbocycles. The van der Waals surface area contributed by atoms with Crippen molar-refractivity contribution in [2.45, 2.75) is 0 Å². The van der Waals surface area contributed by atoms with Gasteiger partial charge in [-0.05, 0) is 32.2 Å². The Kier molecular flexibility index (Phi) is 8.20. The van der Waals surface area contributed by atoms with Crippen molar-refractivity contribution in [2.24, 2.45) is 0 Å². The van der Waals surface area contributed by atoms with E-state index < -0.39 is 5.24 Å². The zero-order valence-electron chi connectivity index (χ0n) is 7.17. The summed E-state index contributed by atoms with van der Waals surface area (Å²) in [6, 6.07) is 2.99. The molecular weight excluding hydrogens is 490 g/mol. The average molecular weight is 494 g/mol. The van der Waals surface area contributed by atoms with E-state index in [0.717, 1.165) is 11.7 Å². The Balaban J connectivity index is 0.00000196. The second kappa shape index (κ2) is 7.56. The zero-order chi connectivity index (χ0) is 10.7.